The summed E-state index contributed by atoms with van der Waals surface area (Å²) in [6.07, 6.45) is 0. The van der Waals surface area contributed by atoms with Crippen LogP contribution in [0.2, 0.25) is 0 Å². The first kappa shape index (κ1) is 16.7. The highest BCUT2D eigenvalue weighted by atomic mass is 32.1. The van der Waals surface area contributed by atoms with Crippen molar-refractivity contribution >= 4 is 17.4 Å². The molecular formula is C16H14F2N6OS. The molecule has 134 valence electrons. The Bertz CT molecular complexity index is 1000. The molecule has 1 aliphatic heterocycles. The second-order valence-electron chi connectivity index (χ2n) is 5.98. The Balaban J connectivity index is 1.64. The second kappa shape index (κ2) is 6.20. The van der Waals surface area contributed by atoms with Crippen LogP contribution in [0.15, 0.2) is 18.2 Å². The quantitative estimate of drug-likeness (QED) is 0.687. The van der Waals surface area contributed by atoms with Gasteiger partial charge in [-0.1, -0.05) is 0 Å². The number of fused-ring (bicyclic) bond motifs is 1. The molecule has 0 bridgehead atoms. The zero-order chi connectivity index (χ0) is 18.4. The molecule has 3 heterocycles. The smallest absolute Gasteiger partial charge is 0.254 e. The van der Waals surface area contributed by atoms with E-state index in [0.717, 1.165) is 12.1 Å². The average Bonchev–Trinajstić information content (AvgIpc) is 3.23. The third kappa shape index (κ3) is 2.66. The highest BCUT2D eigenvalue weighted by Crippen LogP contribution is 2.30. The van der Waals surface area contributed by atoms with Crippen LogP contribution >= 0.6 is 11.5 Å². The predicted octanol–water partition coefficient (Wildman–Crippen LogP) is 2.60. The van der Waals surface area contributed by atoms with E-state index in [1.165, 1.54) is 17.6 Å². The van der Waals surface area contributed by atoms with Crippen LogP contribution < -0.4 is 0 Å². The monoisotopic (exact) mass is 376 g/mol. The van der Waals surface area contributed by atoms with Gasteiger partial charge in [-0.15, -0.1) is 10.2 Å². The van der Waals surface area contributed by atoms with Crippen LogP contribution in [0.25, 0.3) is 10.8 Å². The van der Waals surface area contributed by atoms with Crippen molar-refractivity contribution in [2.24, 2.45) is 0 Å². The molecule has 7 nitrogen and oxygen atoms in total. The molecule has 1 aromatic carbocycles. The fourth-order valence-corrected chi connectivity index (χ4v) is 3.67. The Morgan fingerprint density at radius 3 is 2.73 bits per heavy atom. The van der Waals surface area contributed by atoms with Crippen molar-refractivity contribution in [3.63, 3.8) is 0 Å². The second-order valence-corrected chi connectivity index (χ2v) is 6.74. The summed E-state index contributed by atoms with van der Waals surface area (Å²) in [7, 11) is 0. The van der Waals surface area contributed by atoms with E-state index in [4.69, 9.17) is 0 Å². The Kier molecular flexibility index (Phi) is 3.98. The summed E-state index contributed by atoms with van der Waals surface area (Å²) in [5.41, 5.74) is 0.101. The number of hydrogen-bond donors (Lipinski definition) is 0. The van der Waals surface area contributed by atoms with E-state index >= 15 is 0 Å². The third-order valence-electron chi connectivity index (χ3n) is 4.33. The molecule has 1 aliphatic rings. The van der Waals surface area contributed by atoms with Gasteiger partial charge in [-0.3, -0.25) is 4.79 Å². The molecule has 0 saturated heterocycles. The van der Waals surface area contributed by atoms with Crippen molar-refractivity contribution in [1.82, 2.24) is 29.0 Å². The molecule has 4 rings (SSSR count). The van der Waals surface area contributed by atoms with Gasteiger partial charge in [0, 0.05) is 18.7 Å². The minimum atomic E-state index is -1.04. The van der Waals surface area contributed by atoms with E-state index in [2.05, 4.69) is 19.6 Å². The molecule has 1 amide bonds. The minimum absolute atomic E-state index is 0.101. The van der Waals surface area contributed by atoms with Gasteiger partial charge in [0.15, 0.2) is 28.3 Å². The van der Waals surface area contributed by atoms with Gasteiger partial charge in [-0.25, -0.2) is 13.8 Å². The summed E-state index contributed by atoms with van der Waals surface area (Å²) in [6.45, 7) is 4.51. The van der Waals surface area contributed by atoms with Crippen LogP contribution in [0.5, 0.6) is 0 Å². The lowest BCUT2D eigenvalue weighted by Crippen LogP contribution is -2.41. The standard InChI is InChI=1S/C16H14F2N6OS/c1-8-13-20-21-14(15-19-9(2)22-26-15)24(13)6-5-23(8)16(25)10-3-4-11(17)12(18)7-10/h3-4,7-8H,5-6H2,1-2H3. The summed E-state index contributed by atoms with van der Waals surface area (Å²) < 4.78 is 32.6. The van der Waals surface area contributed by atoms with Crippen molar-refractivity contribution in [1.29, 1.82) is 0 Å². The first-order chi connectivity index (χ1) is 12.5. The zero-order valence-corrected chi connectivity index (χ0v) is 14.8. The van der Waals surface area contributed by atoms with Crippen LogP contribution in [0.1, 0.15) is 35.0 Å². The molecule has 0 N–H and O–H groups in total. The number of carbonyl (C=O) groups is 1. The van der Waals surface area contributed by atoms with Gasteiger partial charge in [-0.2, -0.15) is 4.37 Å². The van der Waals surface area contributed by atoms with E-state index in [1.807, 2.05) is 11.5 Å². The number of aromatic nitrogens is 5. The number of carbonyl (C=O) groups excluding carboxylic acids is 1. The van der Waals surface area contributed by atoms with Crippen LogP contribution in [0.4, 0.5) is 8.78 Å². The Hall–Kier alpha value is -2.75. The molecule has 0 aliphatic carbocycles. The number of rotatable bonds is 2. The average molecular weight is 376 g/mol. The maximum atomic E-state index is 13.5. The molecule has 0 spiro atoms. The summed E-state index contributed by atoms with van der Waals surface area (Å²) in [6, 6.07) is 2.79. The summed E-state index contributed by atoms with van der Waals surface area (Å²) >= 11 is 1.25. The number of halogens is 2. The highest BCUT2D eigenvalue weighted by Gasteiger charge is 2.32. The Labute approximate surface area is 151 Å². The van der Waals surface area contributed by atoms with Crippen molar-refractivity contribution in [2.45, 2.75) is 26.4 Å². The van der Waals surface area contributed by atoms with E-state index in [9.17, 15) is 13.6 Å². The maximum Gasteiger partial charge on any atom is 0.254 e. The first-order valence-corrected chi connectivity index (χ1v) is 8.73. The van der Waals surface area contributed by atoms with Gasteiger partial charge in [-0.05, 0) is 43.6 Å². The summed E-state index contributed by atoms with van der Waals surface area (Å²) in [5, 5.41) is 9.08. The SMILES string of the molecule is Cc1nsc(-c2nnc3n2CCN(C(=O)c2ccc(F)c(F)c2)C3C)n1. The van der Waals surface area contributed by atoms with E-state index in [1.54, 1.807) is 11.8 Å². The van der Waals surface area contributed by atoms with Crippen molar-refractivity contribution in [3.8, 4) is 10.8 Å². The molecule has 10 heteroatoms. The van der Waals surface area contributed by atoms with Crippen molar-refractivity contribution in [3.05, 3.63) is 47.0 Å². The molecule has 0 fully saturated rings. The zero-order valence-electron chi connectivity index (χ0n) is 14.0. The normalized spacial score (nSPS) is 16.6. The third-order valence-corrected chi connectivity index (χ3v) is 5.13. The molecule has 0 saturated carbocycles. The van der Waals surface area contributed by atoms with E-state index in [0.29, 0.717) is 35.6 Å². The van der Waals surface area contributed by atoms with Gasteiger partial charge in [0.1, 0.15) is 5.82 Å². The van der Waals surface area contributed by atoms with Gasteiger partial charge < -0.3 is 9.47 Å². The van der Waals surface area contributed by atoms with Gasteiger partial charge in [0.2, 0.25) is 0 Å². The predicted molar refractivity (Wildman–Crippen MR) is 89.5 cm³/mol. The number of hydrogen-bond acceptors (Lipinski definition) is 6. The Morgan fingerprint density at radius 2 is 2.04 bits per heavy atom. The molecule has 26 heavy (non-hydrogen) atoms. The molecule has 3 aromatic rings. The summed E-state index contributed by atoms with van der Waals surface area (Å²) in [4.78, 5) is 18.6. The van der Waals surface area contributed by atoms with Crippen molar-refractivity contribution < 1.29 is 13.6 Å². The number of amides is 1. The largest absolute Gasteiger partial charge is 0.327 e. The van der Waals surface area contributed by atoms with Crippen LogP contribution in [0, 0.1) is 18.6 Å². The fourth-order valence-electron chi connectivity index (χ4n) is 3.00. The molecule has 2 aromatic heterocycles. The minimum Gasteiger partial charge on any atom is -0.327 e. The van der Waals surface area contributed by atoms with E-state index < -0.39 is 11.6 Å². The fraction of sp³-hybridized carbons (Fsp3) is 0.312. The molecule has 1 unspecified atom stereocenters. The van der Waals surface area contributed by atoms with Crippen LogP contribution in [-0.2, 0) is 6.54 Å². The first-order valence-electron chi connectivity index (χ1n) is 7.95. The lowest BCUT2D eigenvalue weighted by molar-refractivity contribution is 0.0638. The number of aryl methyl sites for hydroxylation is 1. The van der Waals surface area contributed by atoms with Gasteiger partial charge >= 0.3 is 0 Å². The maximum absolute atomic E-state index is 13.5. The molecule has 0 radical (unpaired) electrons. The topological polar surface area (TPSA) is 76.8 Å². The van der Waals surface area contributed by atoms with Crippen molar-refractivity contribution in [2.75, 3.05) is 6.54 Å². The number of benzene rings is 1. The van der Waals surface area contributed by atoms with Crippen LogP contribution in [0.3, 0.4) is 0 Å². The lowest BCUT2D eigenvalue weighted by atomic mass is 10.1. The van der Waals surface area contributed by atoms with Gasteiger partial charge in [0.05, 0.1) is 6.04 Å². The highest BCUT2D eigenvalue weighted by molar-refractivity contribution is 7.09. The lowest BCUT2D eigenvalue weighted by Gasteiger charge is -2.33. The molecule has 1 atom stereocenters. The Morgan fingerprint density at radius 1 is 1.23 bits per heavy atom. The summed E-state index contributed by atoms with van der Waals surface area (Å²) in [5.74, 6) is -0.490. The van der Waals surface area contributed by atoms with E-state index in [-0.39, 0.29) is 17.5 Å². The molecular weight excluding hydrogens is 362 g/mol. The van der Waals surface area contributed by atoms with Crippen LogP contribution in [-0.4, -0.2) is 41.5 Å². The van der Waals surface area contributed by atoms with Gasteiger partial charge in [0.25, 0.3) is 5.91 Å². The number of nitrogens with zero attached hydrogens (tertiary/aromatic N) is 6.